The summed E-state index contributed by atoms with van der Waals surface area (Å²) in [5, 5.41) is 3.52. The predicted octanol–water partition coefficient (Wildman–Crippen LogP) is 3.96. The molecule has 2 heteroatoms. The molecule has 0 spiro atoms. The van der Waals surface area contributed by atoms with Gasteiger partial charge in [-0.15, -0.1) is 0 Å². The van der Waals surface area contributed by atoms with E-state index >= 15 is 0 Å². The van der Waals surface area contributed by atoms with Gasteiger partial charge in [0.1, 0.15) is 0 Å². The summed E-state index contributed by atoms with van der Waals surface area (Å²) in [6.07, 6.45) is 8.46. The molecular weight excluding hydrogens is 208 g/mol. The Morgan fingerprint density at radius 3 is 2.76 bits per heavy atom. The summed E-state index contributed by atoms with van der Waals surface area (Å²) in [4.78, 5) is 0. The highest BCUT2D eigenvalue weighted by Crippen LogP contribution is 2.26. The third-order valence-electron chi connectivity index (χ3n) is 3.85. The second-order valence-electron chi connectivity index (χ2n) is 5.29. The Hall–Kier alpha value is -1.18. The van der Waals surface area contributed by atoms with Crippen molar-refractivity contribution in [3.63, 3.8) is 0 Å². The van der Waals surface area contributed by atoms with E-state index in [9.17, 15) is 0 Å². The van der Waals surface area contributed by atoms with Crippen LogP contribution in [-0.4, -0.2) is 6.54 Å². The zero-order chi connectivity index (χ0) is 12.1. The number of anilines is 2. The number of nitrogen functional groups attached to an aromatic ring is 1. The van der Waals surface area contributed by atoms with Crippen LogP contribution in [0.15, 0.2) is 18.2 Å². The van der Waals surface area contributed by atoms with Gasteiger partial charge in [-0.05, 0) is 37.0 Å². The molecule has 94 valence electrons. The van der Waals surface area contributed by atoms with E-state index in [2.05, 4.69) is 18.3 Å². The maximum atomic E-state index is 5.80. The fraction of sp³-hybridized carbons (Fsp3) is 0.600. The molecule has 1 aromatic carbocycles. The third-order valence-corrected chi connectivity index (χ3v) is 3.85. The summed E-state index contributed by atoms with van der Waals surface area (Å²) in [5.74, 6) is 0.942. The fourth-order valence-corrected chi connectivity index (χ4v) is 2.72. The van der Waals surface area contributed by atoms with Crippen molar-refractivity contribution in [3.05, 3.63) is 23.8 Å². The van der Waals surface area contributed by atoms with Crippen LogP contribution in [0.25, 0.3) is 0 Å². The van der Waals surface area contributed by atoms with Crippen molar-refractivity contribution in [2.24, 2.45) is 5.92 Å². The van der Waals surface area contributed by atoms with Crippen LogP contribution in [0.3, 0.4) is 0 Å². The third kappa shape index (κ3) is 3.65. The quantitative estimate of drug-likeness (QED) is 0.771. The molecule has 1 aliphatic carbocycles. The topological polar surface area (TPSA) is 38.0 Å². The Morgan fingerprint density at radius 1 is 1.24 bits per heavy atom. The molecule has 2 rings (SSSR count). The Kier molecular flexibility index (Phi) is 4.29. The lowest BCUT2D eigenvalue weighted by Crippen LogP contribution is -2.12. The van der Waals surface area contributed by atoms with Gasteiger partial charge in [-0.2, -0.15) is 0 Å². The molecule has 0 atom stereocenters. The van der Waals surface area contributed by atoms with Gasteiger partial charge in [0.05, 0.1) is 0 Å². The molecule has 0 heterocycles. The van der Waals surface area contributed by atoms with Gasteiger partial charge in [-0.1, -0.05) is 38.2 Å². The van der Waals surface area contributed by atoms with E-state index in [0.29, 0.717) is 0 Å². The van der Waals surface area contributed by atoms with Gasteiger partial charge in [0.15, 0.2) is 0 Å². The van der Waals surface area contributed by atoms with Gasteiger partial charge in [0, 0.05) is 17.9 Å². The highest BCUT2D eigenvalue weighted by molar-refractivity contribution is 5.59. The van der Waals surface area contributed by atoms with E-state index in [1.165, 1.54) is 49.8 Å². The zero-order valence-electron chi connectivity index (χ0n) is 10.8. The first-order valence-corrected chi connectivity index (χ1v) is 6.86. The largest absolute Gasteiger partial charge is 0.399 e. The van der Waals surface area contributed by atoms with Gasteiger partial charge in [-0.3, -0.25) is 0 Å². The number of rotatable bonds is 4. The van der Waals surface area contributed by atoms with Crippen LogP contribution >= 0.6 is 0 Å². The molecule has 3 N–H and O–H groups in total. The van der Waals surface area contributed by atoms with Crippen LogP contribution < -0.4 is 11.1 Å². The van der Waals surface area contributed by atoms with Crippen LogP contribution in [0.5, 0.6) is 0 Å². The Balaban J connectivity index is 1.79. The Morgan fingerprint density at radius 2 is 2.00 bits per heavy atom. The van der Waals surface area contributed by atoms with Crippen molar-refractivity contribution in [1.82, 2.24) is 0 Å². The van der Waals surface area contributed by atoms with Crippen molar-refractivity contribution < 1.29 is 0 Å². The molecule has 1 saturated carbocycles. The minimum absolute atomic E-state index is 0.843. The van der Waals surface area contributed by atoms with Crippen molar-refractivity contribution in [3.8, 4) is 0 Å². The van der Waals surface area contributed by atoms with E-state index < -0.39 is 0 Å². The standard InChI is InChI=1S/C15H24N2/c1-12-7-8-14(16)11-15(12)17-10-9-13-5-3-2-4-6-13/h7-8,11,13,17H,2-6,9-10,16H2,1H3. The molecule has 0 saturated heterocycles. The molecule has 0 unspecified atom stereocenters. The molecule has 0 radical (unpaired) electrons. The van der Waals surface area contributed by atoms with Crippen molar-refractivity contribution in [1.29, 1.82) is 0 Å². The summed E-state index contributed by atoms with van der Waals surface area (Å²) in [6.45, 7) is 3.21. The highest BCUT2D eigenvalue weighted by Gasteiger charge is 2.12. The van der Waals surface area contributed by atoms with Gasteiger partial charge < -0.3 is 11.1 Å². The molecule has 0 aromatic heterocycles. The van der Waals surface area contributed by atoms with Gasteiger partial charge in [0.25, 0.3) is 0 Å². The summed E-state index contributed by atoms with van der Waals surface area (Å²) in [6, 6.07) is 6.08. The summed E-state index contributed by atoms with van der Waals surface area (Å²) in [7, 11) is 0. The van der Waals surface area contributed by atoms with Gasteiger partial charge in [-0.25, -0.2) is 0 Å². The second kappa shape index (κ2) is 5.95. The molecule has 17 heavy (non-hydrogen) atoms. The summed E-state index contributed by atoms with van der Waals surface area (Å²) in [5.41, 5.74) is 9.12. The molecule has 2 nitrogen and oxygen atoms in total. The average Bonchev–Trinajstić information content (AvgIpc) is 2.35. The monoisotopic (exact) mass is 232 g/mol. The van der Waals surface area contributed by atoms with Crippen LogP contribution in [0, 0.1) is 12.8 Å². The number of nitrogens with one attached hydrogen (secondary N) is 1. The molecule has 0 amide bonds. The zero-order valence-corrected chi connectivity index (χ0v) is 10.8. The number of nitrogens with two attached hydrogens (primary N) is 1. The number of benzene rings is 1. The molecule has 0 bridgehead atoms. The first kappa shape index (κ1) is 12.3. The molecule has 0 aliphatic heterocycles. The van der Waals surface area contributed by atoms with Crippen molar-refractivity contribution in [2.45, 2.75) is 45.4 Å². The lowest BCUT2D eigenvalue weighted by atomic mass is 9.87. The van der Waals surface area contributed by atoms with Crippen LogP contribution in [0.4, 0.5) is 11.4 Å². The van der Waals surface area contributed by atoms with Crippen molar-refractivity contribution in [2.75, 3.05) is 17.6 Å². The van der Waals surface area contributed by atoms with E-state index in [1.54, 1.807) is 0 Å². The maximum absolute atomic E-state index is 5.80. The normalized spacial score (nSPS) is 17.0. The molecular formula is C15H24N2. The van der Waals surface area contributed by atoms with Gasteiger partial charge in [0.2, 0.25) is 0 Å². The minimum Gasteiger partial charge on any atom is -0.399 e. The lowest BCUT2D eigenvalue weighted by molar-refractivity contribution is 0.345. The second-order valence-corrected chi connectivity index (χ2v) is 5.29. The van der Waals surface area contributed by atoms with Crippen molar-refractivity contribution >= 4 is 11.4 Å². The summed E-state index contributed by atoms with van der Waals surface area (Å²) >= 11 is 0. The average molecular weight is 232 g/mol. The van der Waals surface area contributed by atoms with E-state index in [-0.39, 0.29) is 0 Å². The smallest absolute Gasteiger partial charge is 0.0390 e. The minimum atomic E-state index is 0.843. The van der Waals surface area contributed by atoms with E-state index in [0.717, 1.165) is 18.2 Å². The maximum Gasteiger partial charge on any atom is 0.0390 e. The summed E-state index contributed by atoms with van der Waals surface area (Å²) < 4.78 is 0. The van der Waals surface area contributed by atoms with E-state index in [1.807, 2.05) is 12.1 Å². The first-order valence-electron chi connectivity index (χ1n) is 6.86. The molecule has 1 fully saturated rings. The molecule has 1 aliphatic rings. The Bertz CT molecular complexity index is 354. The van der Waals surface area contributed by atoms with Crippen LogP contribution in [0.1, 0.15) is 44.1 Å². The lowest BCUT2D eigenvalue weighted by Gasteiger charge is -2.22. The van der Waals surface area contributed by atoms with E-state index in [4.69, 9.17) is 5.73 Å². The highest BCUT2D eigenvalue weighted by atomic mass is 14.9. The fourth-order valence-electron chi connectivity index (χ4n) is 2.72. The number of hydrogen-bond acceptors (Lipinski definition) is 2. The number of aryl methyl sites for hydroxylation is 1. The number of hydrogen-bond donors (Lipinski definition) is 2. The molecule has 1 aromatic rings. The predicted molar refractivity (Wildman–Crippen MR) is 75.3 cm³/mol. The first-order chi connectivity index (χ1) is 8.25. The Labute approximate surface area is 105 Å². The van der Waals surface area contributed by atoms with Gasteiger partial charge >= 0.3 is 0 Å². The van der Waals surface area contributed by atoms with Crippen LogP contribution in [-0.2, 0) is 0 Å². The van der Waals surface area contributed by atoms with Crippen LogP contribution in [0.2, 0.25) is 0 Å². The SMILES string of the molecule is Cc1ccc(N)cc1NCCC1CCCCC1.